The fraction of sp³-hybridized carbons (Fsp3) is 0.200. The molecule has 4 N–H and O–H groups in total. The summed E-state index contributed by atoms with van der Waals surface area (Å²) in [6, 6.07) is 9.15. The molecule has 0 aliphatic carbocycles. The molecule has 1 aliphatic rings. The lowest BCUT2D eigenvalue weighted by molar-refractivity contribution is -0.115. The molecule has 5 heteroatoms. The lowest BCUT2D eigenvalue weighted by Gasteiger charge is -2.28. The Balaban J connectivity index is 2.67. The molecule has 1 amide bonds. The highest BCUT2D eigenvalue weighted by Crippen LogP contribution is 2.39. The van der Waals surface area contributed by atoms with E-state index in [2.05, 4.69) is 0 Å². The molecule has 0 aromatic heterocycles. The quantitative estimate of drug-likeness (QED) is 0.867. The number of nitrogens with two attached hydrogens (primary N) is 2. The molecule has 20 heavy (non-hydrogen) atoms. The van der Waals surface area contributed by atoms with Gasteiger partial charge < -0.3 is 16.2 Å². The predicted molar refractivity (Wildman–Crippen MR) is 74.1 cm³/mol. The van der Waals surface area contributed by atoms with Gasteiger partial charge in [-0.2, -0.15) is 0 Å². The Morgan fingerprint density at radius 3 is 2.25 bits per heavy atom. The van der Waals surface area contributed by atoms with Crippen LogP contribution in [-0.2, 0) is 14.3 Å². The number of carbonyl (C=O) groups excluding carboxylic acids is 2. The molecule has 0 saturated carbocycles. The number of Topliss-reactive ketones (excluding diaryl/α,β-unsaturated/α-hetero) is 1. The summed E-state index contributed by atoms with van der Waals surface area (Å²) in [5.74, 6) is -1.10. The number of benzene rings is 1. The van der Waals surface area contributed by atoms with E-state index < -0.39 is 11.8 Å². The number of ketones is 1. The molecule has 1 aromatic carbocycles. The molecule has 1 aromatic rings. The largest absolute Gasteiger partial charge is 0.445 e. The second kappa shape index (κ2) is 5.21. The molecule has 1 unspecified atom stereocenters. The van der Waals surface area contributed by atoms with E-state index in [4.69, 9.17) is 16.2 Å². The van der Waals surface area contributed by atoms with E-state index in [1.54, 1.807) is 6.92 Å². The number of amides is 1. The van der Waals surface area contributed by atoms with Gasteiger partial charge in [-0.05, 0) is 19.4 Å². The zero-order valence-corrected chi connectivity index (χ0v) is 11.3. The van der Waals surface area contributed by atoms with Crippen molar-refractivity contribution in [1.29, 1.82) is 0 Å². The second-order valence-electron chi connectivity index (χ2n) is 4.61. The number of hydrogen-bond acceptors (Lipinski definition) is 4. The van der Waals surface area contributed by atoms with Crippen LogP contribution in [0, 0.1) is 0 Å². The third kappa shape index (κ3) is 2.30. The number of primary amides is 1. The number of carbonyl (C=O) groups is 2. The van der Waals surface area contributed by atoms with Crippen LogP contribution in [-0.4, -0.2) is 11.7 Å². The molecule has 1 atom stereocenters. The molecule has 1 heterocycles. The van der Waals surface area contributed by atoms with Gasteiger partial charge in [-0.3, -0.25) is 9.59 Å². The number of hydrogen-bond donors (Lipinski definition) is 2. The van der Waals surface area contributed by atoms with Crippen molar-refractivity contribution in [1.82, 2.24) is 0 Å². The van der Waals surface area contributed by atoms with Gasteiger partial charge in [0.2, 0.25) is 0 Å². The topological polar surface area (TPSA) is 95.4 Å². The summed E-state index contributed by atoms with van der Waals surface area (Å²) < 4.78 is 5.30. The first-order valence-corrected chi connectivity index (χ1v) is 6.17. The Bertz CT molecular complexity index is 594. The van der Waals surface area contributed by atoms with Crippen molar-refractivity contribution in [2.24, 2.45) is 11.5 Å². The zero-order valence-electron chi connectivity index (χ0n) is 11.3. The standard InChI is InChI=1S/C15H16N2O3/c1-8(18)11-9(2)20-15(17)13(14(16)19)12(11)10-6-4-3-5-7-10/h3-7,12H,17H2,1-2H3,(H2,16,19). The maximum absolute atomic E-state index is 11.9. The normalized spacial score (nSPS) is 18.8. The molecular weight excluding hydrogens is 256 g/mol. The Hall–Kier alpha value is -2.56. The molecule has 0 bridgehead atoms. The van der Waals surface area contributed by atoms with Crippen LogP contribution in [0.4, 0.5) is 0 Å². The zero-order chi connectivity index (χ0) is 14.9. The van der Waals surface area contributed by atoms with Crippen LogP contribution in [0.5, 0.6) is 0 Å². The van der Waals surface area contributed by atoms with Crippen molar-refractivity contribution < 1.29 is 14.3 Å². The molecule has 0 spiro atoms. The summed E-state index contributed by atoms with van der Waals surface area (Å²) in [7, 11) is 0. The van der Waals surface area contributed by atoms with Crippen molar-refractivity contribution in [2.45, 2.75) is 19.8 Å². The summed E-state index contributed by atoms with van der Waals surface area (Å²) >= 11 is 0. The maximum atomic E-state index is 11.9. The lowest BCUT2D eigenvalue weighted by atomic mass is 9.81. The Morgan fingerprint density at radius 2 is 1.75 bits per heavy atom. The average Bonchev–Trinajstić information content (AvgIpc) is 2.37. The third-order valence-corrected chi connectivity index (χ3v) is 3.26. The summed E-state index contributed by atoms with van der Waals surface area (Å²) in [6.07, 6.45) is 0. The van der Waals surface area contributed by atoms with Crippen molar-refractivity contribution >= 4 is 11.7 Å². The summed E-state index contributed by atoms with van der Waals surface area (Å²) in [6.45, 7) is 3.08. The molecule has 0 radical (unpaired) electrons. The minimum Gasteiger partial charge on any atom is -0.445 e. The Morgan fingerprint density at radius 1 is 1.15 bits per heavy atom. The molecule has 104 valence electrons. The van der Waals surface area contributed by atoms with Crippen LogP contribution in [0.15, 0.2) is 53.1 Å². The van der Waals surface area contributed by atoms with E-state index in [0.717, 1.165) is 5.56 Å². The summed E-state index contributed by atoms with van der Waals surface area (Å²) in [4.78, 5) is 23.6. The molecule has 0 fully saturated rings. The molecule has 5 nitrogen and oxygen atoms in total. The van der Waals surface area contributed by atoms with E-state index in [1.165, 1.54) is 6.92 Å². The highest BCUT2D eigenvalue weighted by molar-refractivity contribution is 6.02. The highest BCUT2D eigenvalue weighted by atomic mass is 16.5. The molecule has 0 saturated heterocycles. The van der Waals surface area contributed by atoms with Gasteiger partial charge in [0.1, 0.15) is 5.76 Å². The second-order valence-corrected chi connectivity index (χ2v) is 4.61. The molecular formula is C15H16N2O3. The van der Waals surface area contributed by atoms with E-state index in [-0.39, 0.29) is 17.2 Å². The monoisotopic (exact) mass is 272 g/mol. The fourth-order valence-electron chi connectivity index (χ4n) is 2.46. The van der Waals surface area contributed by atoms with E-state index in [9.17, 15) is 9.59 Å². The van der Waals surface area contributed by atoms with Gasteiger partial charge in [0.25, 0.3) is 5.91 Å². The van der Waals surface area contributed by atoms with Crippen LogP contribution in [0.1, 0.15) is 25.3 Å². The van der Waals surface area contributed by atoms with Gasteiger partial charge in [-0.25, -0.2) is 0 Å². The Kier molecular flexibility index (Phi) is 3.61. The number of rotatable bonds is 3. The van der Waals surface area contributed by atoms with Gasteiger partial charge in [-0.1, -0.05) is 30.3 Å². The van der Waals surface area contributed by atoms with Crippen LogP contribution in [0.2, 0.25) is 0 Å². The van der Waals surface area contributed by atoms with Crippen LogP contribution in [0.3, 0.4) is 0 Å². The van der Waals surface area contributed by atoms with Crippen molar-refractivity contribution in [3.63, 3.8) is 0 Å². The van der Waals surface area contributed by atoms with Gasteiger partial charge >= 0.3 is 0 Å². The third-order valence-electron chi connectivity index (χ3n) is 3.26. The first-order chi connectivity index (χ1) is 9.43. The average molecular weight is 272 g/mol. The smallest absolute Gasteiger partial charge is 0.250 e. The van der Waals surface area contributed by atoms with Crippen molar-refractivity contribution in [2.75, 3.05) is 0 Å². The predicted octanol–water partition coefficient (Wildman–Crippen LogP) is 1.32. The minimum absolute atomic E-state index is 0.0474. The lowest BCUT2D eigenvalue weighted by Crippen LogP contribution is -2.31. The number of ether oxygens (including phenoxy) is 1. The minimum atomic E-state index is -0.692. The maximum Gasteiger partial charge on any atom is 0.250 e. The van der Waals surface area contributed by atoms with E-state index in [0.29, 0.717) is 11.3 Å². The first kappa shape index (κ1) is 13.9. The van der Waals surface area contributed by atoms with Crippen LogP contribution < -0.4 is 11.5 Å². The SMILES string of the molecule is CC(=O)C1=C(C)OC(N)=C(C(N)=O)C1c1ccccc1. The highest BCUT2D eigenvalue weighted by Gasteiger charge is 2.35. The molecule has 1 aliphatic heterocycles. The summed E-state index contributed by atoms with van der Waals surface area (Å²) in [5, 5.41) is 0. The van der Waals surface area contributed by atoms with Gasteiger partial charge in [0.15, 0.2) is 11.7 Å². The van der Waals surface area contributed by atoms with Gasteiger partial charge in [-0.15, -0.1) is 0 Å². The van der Waals surface area contributed by atoms with Crippen molar-refractivity contribution in [3.05, 3.63) is 58.7 Å². The van der Waals surface area contributed by atoms with Crippen molar-refractivity contribution in [3.8, 4) is 0 Å². The van der Waals surface area contributed by atoms with Gasteiger partial charge in [0, 0.05) is 5.57 Å². The summed E-state index contributed by atoms with van der Waals surface area (Å²) in [5.41, 5.74) is 12.5. The Labute approximate surface area is 116 Å². The van der Waals surface area contributed by atoms with Gasteiger partial charge in [0.05, 0.1) is 11.5 Å². The van der Waals surface area contributed by atoms with E-state index in [1.807, 2.05) is 30.3 Å². The number of allylic oxidation sites excluding steroid dienone is 2. The first-order valence-electron chi connectivity index (χ1n) is 6.17. The van der Waals surface area contributed by atoms with Crippen LogP contribution >= 0.6 is 0 Å². The van der Waals surface area contributed by atoms with E-state index >= 15 is 0 Å². The fourth-order valence-corrected chi connectivity index (χ4v) is 2.46. The van der Waals surface area contributed by atoms with Crippen LogP contribution in [0.25, 0.3) is 0 Å². The molecule has 2 rings (SSSR count).